The third-order valence-electron chi connectivity index (χ3n) is 4.73. The second-order valence-electron chi connectivity index (χ2n) is 6.65. The monoisotopic (exact) mass is 312 g/mol. The second-order valence-corrected chi connectivity index (χ2v) is 7.76. The minimum absolute atomic E-state index is 0.0113. The Bertz CT molecular complexity index is 419. The van der Waals surface area contributed by atoms with Crippen molar-refractivity contribution in [1.82, 2.24) is 10.6 Å². The van der Waals surface area contributed by atoms with Gasteiger partial charge in [0.25, 0.3) is 5.91 Å². The summed E-state index contributed by atoms with van der Waals surface area (Å²) in [5, 5.41) is 16.3. The van der Waals surface area contributed by atoms with Crippen LogP contribution in [0.3, 0.4) is 0 Å². The largest absolute Gasteiger partial charge is 0.379 e. The van der Waals surface area contributed by atoms with E-state index >= 15 is 0 Å². The molecule has 0 unspecified atom stereocenters. The summed E-state index contributed by atoms with van der Waals surface area (Å²) in [6.07, 6.45) is 6.20. The molecule has 1 aliphatic heterocycles. The third-order valence-corrected chi connectivity index (χ3v) is 5.90. The Morgan fingerprint density at radius 3 is 2.57 bits per heavy atom. The van der Waals surface area contributed by atoms with Gasteiger partial charge in [0, 0.05) is 23.8 Å². The molecule has 2 aliphatic carbocycles. The fourth-order valence-corrected chi connectivity index (χ4v) is 4.40. The lowest BCUT2D eigenvalue weighted by Gasteiger charge is -2.31. The Morgan fingerprint density at radius 2 is 1.90 bits per heavy atom. The lowest BCUT2D eigenvalue weighted by Crippen LogP contribution is -2.52. The van der Waals surface area contributed by atoms with E-state index in [1.54, 1.807) is 11.8 Å². The van der Waals surface area contributed by atoms with E-state index in [0.717, 1.165) is 37.9 Å². The smallest absolute Gasteiger partial charge is 0.253 e. The zero-order valence-corrected chi connectivity index (χ0v) is 13.1. The highest BCUT2D eigenvalue weighted by Gasteiger charge is 2.41. The molecule has 3 fully saturated rings. The summed E-state index contributed by atoms with van der Waals surface area (Å²) in [6, 6.07) is 0.416. The zero-order chi connectivity index (χ0) is 14.9. The maximum Gasteiger partial charge on any atom is 0.253 e. The fourth-order valence-electron chi connectivity index (χ4n) is 3.16. The molecule has 1 heterocycles. The van der Waals surface area contributed by atoms with Crippen molar-refractivity contribution in [3.63, 3.8) is 0 Å². The average molecular weight is 312 g/mol. The number of carbonyl (C=O) groups is 2. The number of amides is 2. The van der Waals surface area contributed by atoms with E-state index in [0.29, 0.717) is 24.6 Å². The van der Waals surface area contributed by atoms with Gasteiger partial charge in [0.05, 0.1) is 0 Å². The molecule has 0 aromatic carbocycles. The van der Waals surface area contributed by atoms with Crippen molar-refractivity contribution in [2.75, 3.05) is 11.5 Å². The maximum absolute atomic E-state index is 12.2. The molecule has 118 valence electrons. The van der Waals surface area contributed by atoms with Crippen LogP contribution >= 0.6 is 11.8 Å². The number of nitrogens with one attached hydrogen (secondary N) is 2. The van der Waals surface area contributed by atoms with Crippen LogP contribution in [0.2, 0.25) is 0 Å². The number of carbonyl (C=O) groups excluding carboxylic acids is 2. The van der Waals surface area contributed by atoms with Gasteiger partial charge in [-0.1, -0.05) is 6.42 Å². The second kappa shape index (κ2) is 6.16. The normalized spacial score (nSPS) is 36.2. The van der Waals surface area contributed by atoms with E-state index in [9.17, 15) is 14.7 Å². The van der Waals surface area contributed by atoms with Crippen molar-refractivity contribution in [2.24, 2.45) is 5.92 Å². The molecule has 5 nitrogen and oxygen atoms in total. The van der Waals surface area contributed by atoms with Crippen LogP contribution in [0.5, 0.6) is 0 Å². The number of aliphatic hydroxyl groups is 1. The van der Waals surface area contributed by atoms with Gasteiger partial charge in [-0.3, -0.25) is 9.59 Å². The molecule has 3 aliphatic rings. The molecule has 0 radical (unpaired) electrons. The Labute approximate surface area is 129 Å². The molecule has 0 bridgehead atoms. The van der Waals surface area contributed by atoms with Crippen molar-refractivity contribution in [3.8, 4) is 0 Å². The van der Waals surface area contributed by atoms with E-state index in [1.165, 1.54) is 0 Å². The summed E-state index contributed by atoms with van der Waals surface area (Å²) in [5.41, 5.74) is -1.20. The fraction of sp³-hybridized carbons (Fsp3) is 0.867. The summed E-state index contributed by atoms with van der Waals surface area (Å²) >= 11 is 1.62. The van der Waals surface area contributed by atoms with Gasteiger partial charge in [-0.2, -0.15) is 11.8 Å². The summed E-state index contributed by atoms with van der Waals surface area (Å²) in [4.78, 5) is 24.3. The highest BCUT2D eigenvalue weighted by molar-refractivity contribution is 7.99. The number of thioether (sulfide) groups is 1. The lowest BCUT2D eigenvalue weighted by atomic mass is 9.84. The van der Waals surface area contributed by atoms with Crippen molar-refractivity contribution < 1.29 is 14.7 Å². The van der Waals surface area contributed by atoms with Crippen LogP contribution in [-0.4, -0.2) is 46.1 Å². The molecule has 2 saturated carbocycles. The first kappa shape index (κ1) is 15.2. The van der Waals surface area contributed by atoms with E-state index in [-0.39, 0.29) is 23.8 Å². The predicted octanol–water partition coefficient (Wildman–Crippen LogP) is 0.808. The highest BCUT2D eigenvalue weighted by Crippen LogP contribution is 2.30. The Hall–Kier alpha value is -0.750. The molecule has 21 heavy (non-hydrogen) atoms. The van der Waals surface area contributed by atoms with Crippen molar-refractivity contribution in [1.29, 1.82) is 0 Å². The Kier molecular flexibility index (Phi) is 4.45. The standard InChI is InChI=1S/C15H24N2O3S/c18-13(16-11-4-5-11)10-2-1-3-12(8-10)17-14(19)15(20)6-7-21-9-15/h10-12,20H,1-9H2,(H,16,18)(H,17,19)/t10-,12-,15-/m1/s1. The van der Waals surface area contributed by atoms with Gasteiger partial charge >= 0.3 is 0 Å². The first-order valence-electron chi connectivity index (χ1n) is 7.98. The lowest BCUT2D eigenvalue weighted by molar-refractivity contribution is -0.139. The Balaban J connectivity index is 1.50. The van der Waals surface area contributed by atoms with Gasteiger partial charge in [-0.15, -0.1) is 0 Å². The highest BCUT2D eigenvalue weighted by atomic mass is 32.2. The average Bonchev–Trinajstić information content (AvgIpc) is 3.17. The maximum atomic E-state index is 12.2. The number of rotatable bonds is 4. The molecule has 0 aromatic heterocycles. The van der Waals surface area contributed by atoms with Crippen molar-refractivity contribution in [3.05, 3.63) is 0 Å². The molecule has 3 atom stereocenters. The van der Waals surface area contributed by atoms with Crippen LogP contribution in [0.15, 0.2) is 0 Å². The van der Waals surface area contributed by atoms with Gasteiger partial charge in [0.15, 0.2) is 5.60 Å². The first-order valence-corrected chi connectivity index (χ1v) is 9.14. The van der Waals surface area contributed by atoms with E-state index in [4.69, 9.17) is 0 Å². The van der Waals surface area contributed by atoms with Gasteiger partial charge < -0.3 is 15.7 Å². The molecule has 2 amide bonds. The number of hydrogen-bond acceptors (Lipinski definition) is 4. The van der Waals surface area contributed by atoms with E-state index in [2.05, 4.69) is 10.6 Å². The minimum atomic E-state index is -1.20. The summed E-state index contributed by atoms with van der Waals surface area (Å²) in [6.45, 7) is 0. The quantitative estimate of drug-likeness (QED) is 0.718. The van der Waals surface area contributed by atoms with E-state index < -0.39 is 5.60 Å². The van der Waals surface area contributed by atoms with Crippen LogP contribution in [0, 0.1) is 5.92 Å². The van der Waals surface area contributed by atoms with E-state index in [1.807, 2.05) is 0 Å². The molecule has 3 rings (SSSR count). The van der Waals surface area contributed by atoms with Crippen LogP contribution in [-0.2, 0) is 9.59 Å². The first-order chi connectivity index (χ1) is 10.1. The topological polar surface area (TPSA) is 78.4 Å². The molecular weight excluding hydrogens is 288 g/mol. The Morgan fingerprint density at radius 1 is 1.10 bits per heavy atom. The minimum Gasteiger partial charge on any atom is -0.379 e. The van der Waals surface area contributed by atoms with Crippen LogP contribution in [0.1, 0.15) is 44.9 Å². The number of hydrogen-bond donors (Lipinski definition) is 3. The molecule has 0 aromatic rings. The predicted molar refractivity (Wildman–Crippen MR) is 81.9 cm³/mol. The van der Waals surface area contributed by atoms with Crippen molar-refractivity contribution >= 4 is 23.6 Å². The molecule has 0 spiro atoms. The van der Waals surface area contributed by atoms with Gasteiger partial charge in [-0.05, 0) is 44.3 Å². The summed E-state index contributed by atoms with van der Waals surface area (Å²) < 4.78 is 0. The molecule has 1 saturated heterocycles. The SMILES string of the molecule is O=C(NC1CC1)[C@@H]1CCC[C@@H](NC(=O)[C@@]2(O)CCSC2)C1. The molecular formula is C15H24N2O3S. The van der Waals surface area contributed by atoms with Crippen LogP contribution < -0.4 is 10.6 Å². The summed E-state index contributed by atoms with van der Waals surface area (Å²) in [5.74, 6) is 1.22. The van der Waals surface area contributed by atoms with Gasteiger partial charge in [0.2, 0.25) is 5.91 Å². The van der Waals surface area contributed by atoms with Gasteiger partial charge in [0.1, 0.15) is 0 Å². The zero-order valence-electron chi connectivity index (χ0n) is 12.3. The van der Waals surface area contributed by atoms with Crippen LogP contribution in [0.4, 0.5) is 0 Å². The van der Waals surface area contributed by atoms with Gasteiger partial charge in [-0.25, -0.2) is 0 Å². The van der Waals surface area contributed by atoms with Crippen molar-refractivity contribution in [2.45, 2.75) is 62.6 Å². The summed E-state index contributed by atoms with van der Waals surface area (Å²) in [7, 11) is 0. The molecule has 3 N–H and O–H groups in total. The van der Waals surface area contributed by atoms with Crippen LogP contribution in [0.25, 0.3) is 0 Å². The molecule has 6 heteroatoms. The third kappa shape index (κ3) is 3.72.